The van der Waals surface area contributed by atoms with Gasteiger partial charge in [0.2, 0.25) is 0 Å². The van der Waals surface area contributed by atoms with Crippen molar-refractivity contribution in [1.29, 1.82) is 0 Å². The molecule has 2 bridgehead atoms. The molecule has 0 radical (unpaired) electrons. The van der Waals surface area contributed by atoms with Crippen molar-refractivity contribution in [3.63, 3.8) is 0 Å². The highest BCUT2D eigenvalue weighted by Gasteiger charge is 2.22. The minimum atomic E-state index is -0.711. The van der Waals surface area contributed by atoms with Gasteiger partial charge < -0.3 is 21.1 Å². The van der Waals surface area contributed by atoms with E-state index in [4.69, 9.17) is 5.11 Å². The summed E-state index contributed by atoms with van der Waals surface area (Å²) in [6, 6.07) is 0.0728. The van der Waals surface area contributed by atoms with Crippen molar-refractivity contribution in [2.75, 3.05) is 72.0 Å². The molecule has 0 saturated carbocycles. The Balaban J connectivity index is 2.02. The molecule has 0 aromatic heterocycles. The molecule has 3 unspecified atom stereocenters. The maximum Gasteiger partial charge on any atom is 0.304 e. The van der Waals surface area contributed by atoms with Crippen LogP contribution in [0, 0.1) is 0 Å². The molecule has 122 valence electrons. The van der Waals surface area contributed by atoms with Gasteiger partial charge in [0.25, 0.3) is 0 Å². The second kappa shape index (κ2) is 9.32. The fourth-order valence-corrected chi connectivity index (χ4v) is 3.01. The van der Waals surface area contributed by atoms with E-state index in [0.717, 1.165) is 72.0 Å². The second-order valence-corrected chi connectivity index (χ2v) is 5.83. The van der Waals surface area contributed by atoms with Gasteiger partial charge in [-0.1, -0.05) is 0 Å². The Morgan fingerprint density at radius 1 is 0.905 bits per heavy atom. The fraction of sp³-hybridized carbons (Fsp3) is 0.929. The van der Waals surface area contributed by atoms with Gasteiger partial charge in [-0.05, 0) is 0 Å². The van der Waals surface area contributed by atoms with Crippen LogP contribution < -0.4 is 16.0 Å². The standard InChI is InChI=1S/C14H29N5O2/c20-14(21)11-13-12-17-2-1-15-3-6-18-7-4-16-5-8-19(13)10-9-18/h13,15-17H,1-12H2,(H,20,21). The SMILES string of the molecule is O=C(O)CC1CNCCNCCN2CCNCCN1CC2. The van der Waals surface area contributed by atoms with Gasteiger partial charge in [0.1, 0.15) is 0 Å². The molecule has 2 heterocycles. The monoisotopic (exact) mass is 299 g/mol. The van der Waals surface area contributed by atoms with Crippen LogP contribution in [0.1, 0.15) is 6.42 Å². The van der Waals surface area contributed by atoms with E-state index in [1.165, 1.54) is 0 Å². The van der Waals surface area contributed by atoms with E-state index in [1.807, 2.05) is 0 Å². The largest absolute Gasteiger partial charge is 0.481 e. The van der Waals surface area contributed by atoms with Crippen LogP contribution in [0.15, 0.2) is 0 Å². The molecular weight excluding hydrogens is 270 g/mol. The van der Waals surface area contributed by atoms with Gasteiger partial charge in [-0.2, -0.15) is 0 Å². The zero-order chi connectivity index (χ0) is 14.9. The van der Waals surface area contributed by atoms with Gasteiger partial charge in [0.15, 0.2) is 0 Å². The molecule has 2 saturated heterocycles. The van der Waals surface area contributed by atoms with E-state index in [9.17, 15) is 4.79 Å². The van der Waals surface area contributed by atoms with Crippen molar-refractivity contribution < 1.29 is 9.90 Å². The quantitative estimate of drug-likeness (QED) is 0.480. The molecule has 2 aliphatic heterocycles. The van der Waals surface area contributed by atoms with Crippen LogP contribution in [-0.4, -0.2) is 98.9 Å². The first-order valence-electron chi connectivity index (χ1n) is 8.06. The van der Waals surface area contributed by atoms with Crippen LogP contribution >= 0.6 is 0 Å². The predicted octanol–water partition coefficient (Wildman–Crippen LogP) is -1.77. The summed E-state index contributed by atoms with van der Waals surface area (Å²) >= 11 is 0. The molecule has 2 fully saturated rings. The van der Waals surface area contributed by atoms with Gasteiger partial charge in [-0.25, -0.2) is 0 Å². The Morgan fingerprint density at radius 2 is 1.57 bits per heavy atom. The van der Waals surface area contributed by atoms with E-state index in [2.05, 4.69) is 25.8 Å². The number of carboxylic acids is 1. The smallest absolute Gasteiger partial charge is 0.304 e. The topological polar surface area (TPSA) is 79.9 Å². The molecule has 0 aromatic carbocycles. The summed E-state index contributed by atoms with van der Waals surface area (Å²) in [6.07, 6.45) is 0.209. The lowest BCUT2D eigenvalue weighted by Gasteiger charge is -2.33. The third kappa shape index (κ3) is 6.27. The van der Waals surface area contributed by atoms with E-state index in [-0.39, 0.29) is 12.5 Å². The summed E-state index contributed by atoms with van der Waals surface area (Å²) in [6.45, 7) is 10.5. The lowest BCUT2D eigenvalue weighted by molar-refractivity contribution is -0.138. The summed E-state index contributed by atoms with van der Waals surface area (Å²) in [5.74, 6) is -0.711. The van der Waals surface area contributed by atoms with Crippen LogP contribution in [0.4, 0.5) is 0 Å². The van der Waals surface area contributed by atoms with Crippen LogP contribution in [0.25, 0.3) is 0 Å². The summed E-state index contributed by atoms with van der Waals surface area (Å²) in [5, 5.41) is 19.5. The fourth-order valence-electron chi connectivity index (χ4n) is 3.01. The number of nitrogens with zero attached hydrogens (tertiary/aromatic N) is 2. The van der Waals surface area contributed by atoms with Crippen LogP contribution in [-0.2, 0) is 4.79 Å². The highest BCUT2D eigenvalue weighted by Crippen LogP contribution is 2.06. The van der Waals surface area contributed by atoms with E-state index in [0.29, 0.717) is 0 Å². The van der Waals surface area contributed by atoms with E-state index < -0.39 is 5.97 Å². The van der Waals surface area contributed by atoms with E-state index >= 15 is 0 Å². The number of hydrogen-bond acceptors (Lipinski definition) is 6. The zero-order valence-corrected chi connectivity index (χ0v) is 12.8. The molecule has 7 nitrogen and oxygen atoms in total. The number of rotatable bonds is 2. The lowest BCUT2D eigenvalue weighted by Crippen LogP contribution is -2.49. The minimum absolute atomic E-state index is 0.0728. The molecule has 2 rings (SSSR count). The highest BCUT2D eigenvalue weighted by molar-refractivity contribution is 5.67. The number of carboxylic acid groups (broad SMARTS) is 1. The molecular formula is C14H29N5O2. The Labute approximate surface area is 127 Å². The van der Waals surface area contributed by atoms with Crippen LogP contribution in [0.2, 0.25) is 0 Å². The Bertz CT molecular complexity index is 316. The van der Waals surface area contributed by atoms with Crippen molar-refractivity contribution in [3.8, 4) is 0 Å². The molecule has 21 heavy (non-hydrogen) atoms. The number of fused-ring (bicyclic) bond motifs is 3. The number of carbonyl (C=O) groups is 1. The third-order valence-electron chi connectivity index (χ3n) is 4.27. The average Bonchev–Trinajstić information content (AvgIpc) is 2.55. The number of nitrogens with one attached hydrogen (secondary N) is 3. The van der Waals surface area contributed by atoms with Crippen molar-refractivity contribution >= 4 is 5.97 Å². The van der Waals surface area contributed by atoms with E-state index in [1.54, 1.807) is 0 Å². The molecule has 0 aliphatic carbocycles. The molecule has 3 atom stereocenters. The van der Waals surface area contributed by atoms with Gasteiger partial charge in [0, 0.05) is 78.0 Å². The van der Waals surface area contributed by atoms with Crippen molar-refractivity contribution in [3.05, 3.63) is 0 Å². The molecule has 0 spiro atoms. The summed E-state index contributed by atoms with van der Waals surface area (Å²) in [5.41, 5.74) is 0. The number of aliphatic carboxylic acids is 1. The third-order valence-corrected chi connectivity index (χ3v) is 4.27. The number of hydrogen-bond donors (Lipinski definition) is 4. The molecule has 4 N–H and O–H groups in total. The maximum atomic E-state index is 11.1. The molecule has 0 amide bonds. The maximum absolute atomic E-state index is 11.1. The zero-order valence-electron chi connectivity index (χ0n) is 12.8. The van der Waals surface area contributed by atoms with Gasteiger partial charge in [-0.3, -0.25) is 14.6 Å². The van der Waals surface area contributed by atoms with Gasteiger partial charge in [0.05, 0.1) is 6.42 Å². The van der Waals surface area contributed by atoms with Crippen molar-refractivity contribution in [2.45, 2.75) is 12.5 Å². The normalized spacial score (nSPS) is 33.0. The van der Waals surface area contributed by atoms with Gasteiger partial charge >= 0.3 is 5.97 Å². The second-order valence-electron chi connectivity index (χ2n) is 5.83. The Morgan fingerprint density at radius 3 is 2.33 bits per heavy atom. The predicted molar refractivity (Wildman–Crippen MR) is 82.7 cm³/mol. The Hall–Kier alpha value is -0.730. The molecule has 2 aliphatic rings. The summed E-state index contributed by atoms with van der Waals surface area (Å²) in [4.78, 5) is 15.9. The first kappa shape index (κ1) is 16.6. The first-order valence-corrected chi connectivity index (χ1v) is 8.06. The Kier molecular flexibility index (Phi) is 7.38. The van der Waals surface area contributed by atoms with Gasteiger partial charge in [-0.15, -0.1) is 0 Å². The van der Waals surface area contributed by atoms with Crippen LogP contribution in [0.3, 0.4) is 0 Å². The summed E-state index contributed by atoms with van der Waals surface area (Å²) < 4.78 is 0. The average molecular weight is 299 g/mol. The molecule has 7 heteroatoms. The highest BCUT2D eigenvalue weighted by atomic mass is 16.4. The van der Waals surface area contributed by atoms with Crippen LogP contribution in [0.5, 0.6) is 0 Å². The molecule has 0 aromatic rings. The minimum Gasteiger partial charge on any atom is -0.481 e. The summed E-state index contributed by atoms with van der Waals surface area (Å²) in [7, 11) is 0. The van der Waals surface area contributed by atoms with Crippen molar-refractivity contribution in [2.24, 2.45) is 0 Å². The first-order chi connectivity index (χ1) is 10.3. The lowest BCUT2D eigenvalue weighted by atomic mass is 10.1. The van der Waals surface area contributed by atoms with Crippen molar-refractivity contribution in [1.82, 2.24) is 25.8 Å².